The van der Waals surface area contributed by atoms with Gasteiger partial charge in [0.2, 0.25) is 0 Å². The molecule has 2 aromatic carbocycles. The van der Waals surface area contributed by atoms with Gasteiger partial charge >= 0.3 is 0 Å². The summed E-state index contributed by atoms with van der Waals surface area (Å²) in [5.41, 5.74) is 0. The van der Waals surface area contributed by atoms with Gasteiger partial charge in [-0.05, 0) is 50.5 Å². The van der Waals surface area contributed by atoms with Gasteiger partial charge in [-0.25, -0.2) is 0 Å². The summed E-state index contributed by atoms with van der Waals surface area (Å²) in [6, 6.07) is 20.0. The van der Waals surface area contributed by atoms with Crippen LogP contribution in [0.3, 0.4) is 0 Å². The lowest BCUT2D eigenvalue weighted by molar-refractivity contribution is 0.147. The van der Waals surface area contributed by atoms with E-state index in [-0.39, 0.29) is 12.2 Å². The first-order valence-corrected chi connectivity index (χ1v) is 7.71. The van der Waals surface area contributed by atoms with E-state index in [1.807, 2.05) is 60.7 Å². The van der Waals surface area contributed by atoms with Crippen LogP contribution in [-0.4, -0.2) is 12.2 Å². The molecule has 2 heteroatoms. The standard InChI is InChI=1S/C19H24O2/c1-3-17(21-19-12-8-5-9-13-19)15-14-16(2)20-18-10-6-4-7-11-18/h4-13,16-17H,3,14-15H2,1-2H3. The van der Waals surface area contributed by atoms with Crippen LogP contribution in [0.15, 0.2) is 60.7 Å². The molecule has 0 saturated carbocycles. The average Bonchev–Trinajstić information content (AvgIpc) is 2.53. The summed E-state index contributed by atoms with van der Waals surface area (Å²) in [5, 5.41) is 0. The second-order valence-electron chi connectivity index (χ2n) is 5.28. The molecule has 2 aromatic rings. The Bertz CT molecular complexity index is 495. The highest BCUT2D eigenvalue weighted by atomic mass is 16.5. The minimum atomic E-state index is 0.195. The van der Waals surface area contributed by atoms with Gasteiger partial charge in [-0.15, -0.1) is 0 Å². The maximum Gasteiger partial charge on any atom is 0.119 e. The number of hydrogen-bond acceptors (Lipinski definition) is 2. The van der Waals surface area contributed by atoms with Gasteiger partial charge in [0, 0.05) is 0 Å². The van der Waals surface area contributed by atoms with Crippen molar-refractivity contribution in [3.05, 3.63) is 60.7 Å². The Morgan fingerprint density at radius 3 is 1.81 bits per heavy atom. The van der Waals surface area contributed by atoms with E-state index in [1.165, 1.54) is 0 Å². The third-order valence-corrected chi connectivity index (χ3v) is 3.48. The molecule has 0 heterocycles. The average molecular weight is 284 g/mol. The molecular formula is C19H24O2. The number of hydrogen-bond donors (Lipinski definition) is 0. The molecule has 2 unspecified atom stereocenters. The van der Waals surface area contributed by atoms with Crippen molar-refractivity contribution in [3.63, 3.8) is 0 Å². The third-order valence-electron chi connectivity index (χ3n) is 3.48. The Hall–Kier alpha value is -1.96. The second kappa shape index (κ2) is 8.35. The van der Waals surface area contributed by atoms with Crippen molar-refractivity contribution in [1.82, 2.24) is 0 Å². The minimum Gasteiger partial charge on any atom is -0.491 e. The number of rotatable bonds is 8. The van der Waals surface area contributed by atoms with Crippen molar-refractivity contribution < 1.29 is 9.47 Å². The van der Waals surface area contributed by atoms with Gasteiger partial charge in [-0.3, -0.25) is 0 Å². The van der Waals surface area contributed by atoms with Crippen molar-refractivity contribution in [2.75, 3.05) is 0 Å². The van der Waals surface area contributed by atoms with Crippen LogP contribution in [0.1, 0.15) is 33.1 Å². The smallest absolute Gasteiger partial charge is 0.119 e. The van der Waals surface area contributed by atoms with Gasteiger partial charge in [-0.1, -0.05) is 43.3 Å². The van der Waals surface area contributed by atoms with E-state index in [1.54, 1.807) is 0 Å². The fourth-order valence-electron chi connectivity index (χ4n) is 2.25. The molecule has 0 bridgehead atoms. The van der Waals surface area contributed by atoms with Crippen LogP contribution in [0, 0.1) is 0 Å². The maximum absolute atomic E-state index is 6.01. The molecule has 2 nitrogen and oxygen atoms in total. The fourth-order valence-corrected chi connectivity index (χ4v) is 2.25. The summed E-state index contributed by atoms with van der Waals surface area (Å²) < 4.78 is 11.9. The first-order valence-electron chi connectivity index (χ1n) is 7.71. The van der Waals surface area contributed by atoms with Crippen molar-refractivity contribution >= 4 is 0 Å². The zero-order chi connectivity index (χ0) is 14.9. The number of para-hydroxylation sites is 2. The highest BCUT2D eigenvalue weighted by molar-refractivity contribution is 5.22. The predicted molar refractivity (Wildman–Crippen MR) is 86.9 cm³/mol. The van der Waals surface area contributed by atoms with Gasteiger partial charge in [0.05, 0.1) is 12.2 Å². The molecule has 0 spiro atoms. The first-order chi connectivity index (χ1) is 10.3. The topological polar surface area (TPSA) is 18.5 Å². The van der Waals surface area contributed by atoms with E-state index in [0.717, 1.165) is 30.8 Å². The molecule has 0 aliphatic heterocycles. The molecule has 2 atom stereocenters. The SMILES string of the molecule is CCC(CCC(C)Oc1ccccc1)Oc1ccccc1. The summed E-state index contributed by atoms with van der Waals surface area (Å²) >= 11 is 0. The molecule has 0 aliphatic carbocycles. The van der Waals surface area contributed by atoms with Gasteiger partial charge < -0.3 is 9.47 Å². The normalized spacial score (nSPS) is 13.4. The second-order valence-corrected chi connectivity index (χ2v) is 5.28. The van der Waals surface area contributed by atoms with Crippen molar-refractivity contribution in [3.8, 4) is 11.5 Å². The molecule has 0 fully saturated rings. The van der Waals surface area contributed by atoms with E-state index in [2.05, 4.69) is 13.8 Å². The van der Waals surface area contributed by atoms with Crippen LogP contribution in [-0.2, 0) is 0 Å². The summed E-state index contributed by atoms with van der Waals surface area (Å²) in [4.78, 5) is 0. The molecule has 0 N–H and O–H groups in total. The number of ether oxygens (including phenoxy) is 2. The Morgan fingerprint density at radius 2 is 1.29 bits per heavy atom. The zero-order valence-electron chi connectivity index (χ0n) is 12.9. The van der Waals surface area contributed by atoms with Crippen LogP contribution < -0.4 is 9.47 Å². The molecule has 0 aliphatic rings. The summed E-state index contributed by atoms with van der Waals surface area (Å²) in [7, 11) is 0. The van der Waals surface area contributed by atoms with Crippen LogP contribution in [0.5, 0.6) is 11.5 Å². The molecular weight excluding hydrogens is 260 g/mol. The lowest BCUT2D eigenvalue weighted by Crippen LogP contribution is -2.20. The Kier molecular flexibility index (Phi) is 6.14. The van der Waals surface area contributed by atoms with Crippen LogP contribution in [0.2, 0.25) is 0 Å². The molecule has 112 valence electrons. The van der Waals surface area contributed by atoms with Crippen LogP contribution in [0.4, 0.5) is 0 Å². The Labute approximate surface area is 127 Å². The first kappa shape index (κ1) is 15.4. The Morgan fingerprint density at radius 1 is 0.762 bits per heavy atom. The van der Waals surface area contributed by atoms with E-state index in [4.69, 9.17) is 9.47 Å². The van der Waals surface area contributed by atoms with Crippen LogP contribution in [0.25, 0.3) is 0 Å². The van der Waals surface area contributed by atoms with E-state index >= 15 is 0 Å². The molecule has 0 saturated heterocycles. The van der Waals surface area contributed by atoms with E-state index < -0.39 is 0 Å². The molecule has 0 amide bonds. The van der Waals surface area contributed by atoms with E-state index in [0.29, 0.717) is 0 Å². The van der Waals surface area contributed by atoms with Gasteiger partial charge in [0.1, 0.15) is 11.5 Å². The molecule has 0 aromatic heterocycles. The zero-order valence-corrected chi connectivity index (χ0v) is 12.9. The quantitative estimate of drug-likeness (QED) is 0.672. The lowest BCUT2D eigenvalue weighted by atomic mass is 10.1. The highest BCUT2D eigenvalue weighted by Crippen LogP contribution is 2.18. The fraction of sp³-hybridized carbons (Fsp3) is 0.368. The predicted octanol–water partition coefficient (Wildman–Crippen LogP) is 5.09. The summed E-state index contributed by atoms with van der Waals surface area (Å²) in [6.45, 7) is 4.28. The molecule has 2 rings (SSSR count). The van der Waals surface area contributed by atoms with Crippen molar-refractivity contribution in [1.29, 1.82) is 0 Å². The van der Waals surface area contributed by atoms with Crippen LogP contribution >= 0.6 is 0 Å². The van der Waals surface area contributed by atoms with Gasteiger partial charge in [0.25, 0.3) is 0 Å². The monoisotopic (exact) mass is 284 g/mol. The summed E-state index contributed by atoms with van der Waals surface area (Å²) in [6.07, 6.45) is 3.43. The van der Waals surface area contributed by atoms with Gasteiger partial charge in [0.15, 0.2) is 0 Å². The Balaban J connectivity index is 1.77. The largest absolute Gasteiger partial charge is 0.491 e. The summed E-state index contributed by atoms with van der Waals surface area (Å²) in [5.74, 6) is 1.88. The molecule has 0 radical (unpaired) electrons. The van der Waals surface area contributed by atoms with Crippen molar-refractivity contribution in [2.24, 2.45) is 0 Å². The maximum atomic E-state index is 6.01. The van der Waals surface area contributed by atoms with Gasteiger partial charge in [-0.2, -0.15) is 0 Å². The lowest BCUT2D eigenvalue weighted by Gasteiger charge is -2.20. The van der Waals surface area contributed by atoms with Crippen molar-refractivity contribution in [2.45, 2.75) is 45.3 Å². The van der Waals surface area contributed by atoms with E-state index in [9.17, 15) is 0 Å². The third kappa shape index (κ3) is 5.50. The minimum absolute atomic E-state index is 0.195. The number of benzene rings is 2. The molecule has 21 heavy (non-hydrogen) atoms. The highest BCUT2D eigenvalue weighted by Gasteiger charge is 2.11.